The van der Waals surface area contributed by atoms with Crippen molar-refractivity contribution in [2.75, 3.05) is 4.72 Å². The lowest BCUT2D eigenvalue weighted by Crippen LogP contribution is -2.13. The lowest BCUT2D eigenvalue weighted by molar-refractivity contribution is 0.601. The van der Waals surface area contributed by atoms with Crippen LogP contribution in [0.2, 0.25) is 10.2 Å². The Hall–Kier alpha value is -1.81. The van der Waals surface area contributed by atoms with E-state index in [4.69, 9.17) is 28.5 Å². The van der Waals surface area contributed by atoms with Crippen molar-refractivity contribution in [1.29, 1.82) is 5.26 Å². The summed E-state index contributed by atoms with van der Waals surface area (Å²) in [5.74, 6) is 0. The van der Waals surface area contributed by atoms with Crippen molar-refractivity contribution in [1.82, 2.24) is 4.98 Å². The molecular weight excluding hydrogens is 321 g/mol. The van der Waals surface area contributed by atoms with Crippen molar-refractivity contribution in [3.8, 4) is 6.07 Å². The molecule has 1 aromatic heterocycles. The van der Waals surface area contributed by atoms with E-state index in [2.05, 4.69) is 9.71 Å². The third-order valence-electron chi connectivity index (χ3n) is 2.35. The van der Waals surface area contributed by atoms with Crippen LogP contribution in [0.1, 0.15) is 5.56 Å². The highest BCUT2D eigenvalue weighted by Crippen LogP contribution is 2.25. The van der Waals surface area contributed by atoms with Crippen LogP contribution in [0.4, 0.5) is 5.69 Å². The number of nitrogens with zero attached hydrogens (tertiary/aromatic N) is 2. The summed E-state index contributed by atoms with van der Waals surface area (Å²) in [6.45, 7) is 0. The maximum atomic E-state index is 12.1. The number of rotatable bonds is 3. The maximum Gasteiger partial charge on any atom is 0.263 e. The quantitative estimate of drug-likeness (QED) is 0.878. The molecule has 102 valence electrons. The fourth-order valence-electron chi connectivity index (χ4n) is 1.40. The van der Waals surface area contributed by atoms with Crippen molar-refractivity contribution in [2.45, 2.75) is 4.90 Å². The van der Waals surface area contributed by atoms with Crippen LogP contribution in [0, 0.1) is 11.3 Å². The van der Waals surface area contributed by atoms with E-state index >= 15 is 0 Å². The van der Waals surface area contributed by atoms with E-state index in [1.54, 1.807) is 0 Å². The van der Waals surface area contributed by atoms with Gasteiger partial charge in [-0.15, -0.1) is 0 Å². The number of hydrogen-bond donors (Lipinski definition) is 1. The summed E-state index contributed by atoms with van der Waals surface area (Å²) in [6, 6.07) is 8.87. The smallest absolute Gasteiger partial charge is 0.263 e. The molecule has 2 rings (SSSR count). The highest BCUT2D eigenvalue weighted by molar-refractivity contribution is 7.92. The summed E-state index contributed by atoms with van der Waals surface area (Å²) in [6.07, 6.45) is 1.13. The number of nitriles is 1. The van der Waals surface area contributed by atoms with Crippen LogP contribution in [0.15, 0.2) is 41.4 Å². The second-order valence-corrected chi connectivity index (χ2v) is 6.21. The minimum atomic E-state index is -3.84. The molecule has 0 radical (unpaired) electrons. The molecule has 0 saturated carbocycles. The number of halogens is 2. The molecule has 20 heavy (non-hydrogen) atoms. The average molecular weight is 328 g/mol. The van der Waals surface area contributed by atoms with Gasteiger partial charge in [0.05, 0.1) is 22.3 Å². The average Bonchev–Trinajstić information content (AvgIpc) is 2.41. The van der Waals surface area contributed by atoms with Crippen molar-refractivity contribution in [2.24, 2.45) is 0 Å². The number of nitrogens with one attached hydrogen (secondary N) is 1. The molecule has 0 amide bonds. The molecule has 1 aromatic carbocycles. The highest BCUT2D eigenvalue weighted by Gasteiger charge is 2.16. The van der Waals surface area contributed by atoms with Gasteiger partial charge in [0.2, 0.25) is 0 Å². The van der Waals surface area contributed by atoms with Crippen LogP contribution in [0.5, 0.6) is 0 Å². The predicted octanol–water partition coefficient (Wildman–Crippen LogP) is 3.06. The Labute approximate surface area is 125 Å². The van der Waals surface area contributed by atoms with Gasteiger partial charge in [0.15, 0.2) is 0 Å². The molecule has 0 unspecified atom stereocenters. The molecule has 0 saturated heterocycles. The summed E-state index contributed by atoms with van der Waals surface area (Å²) in [5, 5.41) is 9.18. The van der Waals surface area contributed by atoms with E-state index in [1.165, 1.54) is 30.3 Å². The van der Waals surface area contributed by atoms with Crippen molar-refractivity contribution < 1.29 is 8.42 Å². The standard InChI is InChI=1S/C12H7Cl2N3O2S/c13-10-3-1-8(6-15)5-11(10)17-20(18,19)9-2-4-12(14)16-7-9/h1-5,7,17H. The Balaban J connectivity index is 2.38. The van der Waals surface area contributed by atoms with E-state index in [-0.39, 0.29) is 20.8 Å². The number of aromatic nitrogens is 1. The third kappa shape index (κ3) is 3.20. The number of sulfonamides is 1. The van der Waals surface area contributed by atoms with Crippen LogP contribution in [-0.4, -0.2) is 13.4 Å². The normalized spacial score (nSPS) is 10.8. The monoisotopic (exact) mass is 327 g/mol. The zero-order chi connectivity index (χ0) is 14.8. The van der Waals surface area contributed by atoms with Crippen molar-refractivity contribution in [3.05, 3.63) is 52.3 Å². The van der Waals surface area contributed by atoms with Gasteiger partial charge in [-0.05, 0) is 30.3 Å². The van der Waals surface area contributed by atoms with Gasteiger partial charge in [-0.1, -0.05) is 23.2 Å². The van der Waals surface area contributed by atoms with Crippen molar-refractivity contribution >= 4 is 38.9 Å². The molecule has 2 aromatic rings. The van der Waals surface area contributed by atoms with Gasteiger partial charge in [0, 0.05) is 6.20 Å². The zero-order valence-corrected chi connectivity index (χ0v) is 12.2. The molecule has 0 aliphatic rings. The number of hydrogen-bond acceptors (Lipinski definition) is 4. The van der Waals surface area contributed by atoms with Gasteiger partial charge >= 0.3 is 0 Å². The molecule has 5 nitrogen and oxygen atoms in total. The number of benzene rings is 1. The molecule has 0 aliphatic heterocycles. The highest BCUT2D eigenvalue weighted by atomic mass is 35.5. The largest absolute Gasteiger partial charge is 0.278 e. The van der Waals surface area contributed by atoms with E-state index in [0.29, 0.717) is 5.56 Å². The number of pyridine rings is 1. The molecule has 0 atom stereocenters. The van der Waals surface area contributed by atoms with Crippen molar-refractivity contribution in [3.63, 3.8) is 0 Å². The molecule has 8 heteroatoms. The molecule has 0 aliphatic carbocycles. The first-order valence-electron chi connectivity index (χ1n) is 5.26. The zero-order valence-electron chi connectivity index (χ0n) is 9.84. The van der Waals surface area contributed by atoms with E-state index in [1.807, 2.05) is 6.07 Å². The SMILES string of the molecule is N#Cc1ccc(Cl)c(NS(=O)(=O)c2ccc(Cl)nc2)c1. The molecule has 0 spiro atoms. The lowest BCUT2D eigenvalue weighted by atomic mass is 10.2. The Morgan fingerprint density at radius 3 is 2.55 bits per heavy atom. The van der Waals surface area contributed by atoms with Crippen LogP contribution in [-0.2, 0) is 10.0 Å². The van der Waals surface area contributed by atoms with Crippen LogP contribution in [0.3, 0.4) is 0 Å². The Morgan fingerprint density at radius 1 is 1.20 bits per heavy atom. The van der Waals surface area contributed by atoms with E-state index in [0.717, 1.165) is 6.20 Å². The van der Waals surface area contributed by atoms with Crippen LogP contribution >= 0.6 is 23.2 Å². The Morgan fingerprint density at radius 2 is 1.95 bits per heavy atom. The van der Waals surface area contributed by atoms with Gasteiger partial charge in [-0.2, -0.15) is 5.26 Å². The van der Waals surface area contributed by atoms with E-state index < -0.39 is 10.0 Å². The van der Waals surface area contributed by atoms with Gasteiger partial charge in [0.25, 0.3) is 10.0 Å². The predicted molar refractivity (Wildman–Crippen MR) is 76.2 cm³/mol. The fourth-order valence-corrected chi connectivity index (χ4v) is 2.75. The topological polar surface area (TPSA) is 82.9 Å². The number of anilines is 1. The molecule has 0 bridgehead atoms. The second kappa shape index (κ2) is 5.67. The first-order valence-corrected chi connectivity index (χ1v) is 7.50. The summed E-state index contributed by atoms with van der Waals surface area (Å²) >= 11 is 11.5. The first kappa shape index (κ1) is 14.6. The minimum absolute atomic E-state index is 0.0553. The van der Waals surface area contributed by atoms with Gasteiger partial charge < -0.3 is 0 Å². The summed E-state index contributed by atoms with van der Waals surface area (Å²) in [5.41, 5.74) is 0.419. The van der Waals surface area contributed by atoms with Gasteiger partial charge in [-0.25, -0.2) is 13.4 Å². The van der Waals surface area contributed by atoms with Crippen LogP contribution < -0.4 is 4.72 Å². The van der Waals surface area contributed by atoms with Gasteiger partial charge in [0.1, 0.15) is 10.0 Å². The first-order chi connectivity index (χ1) is 9.42. The summed E-state index contributed by atoms with van der Waals surface area (Å²) in [4.78, 5) is 3.65. The Bertz CT molecular complexity index is 783. The minimum Gasteiger partial charge on any atom is -0.278 e. The molecule has 0 fully saturated rings. The lowest BCUT2D eigenvalue weighted by Gasteiger charge is -2.09. The summed E-state index contributed by atoms with van der Waals surface area (Å²) in [7, 11) is -3.84. The molecule has 1 heterocycles. The fraction of sp³-hybridized carbons (Fsp3) is 0. The third-order valence-corrected chi connectivity index (χ3v) is 4.25. The molecule has 1 N–H and O–H groups in total. The Kier molecular flexibility index (Phi) is 4.14. The van der Waals surface area contributed by atoms with Crippen LogP contribution in [0.25, 0.3) is 0 Å². The van der Waals surface area contributed by atoms with E-state index in [9.17, 15) is 8.42 Å². The molecular formula is C12H7Cl2N3O2S. The van der Waals surface area contributed by atoms with Gasteiger partial charge in [-0.3, -0.25) is 4.72 Å². The maximum absolute atomic E-state index is 12.1. The summed E-state index contributed by atoms with van der Waals surface area (Å²) < 4.78 is 26.6. The second-order valence-electron chi connectivity index (χ2n) is 3.73.